The predicted octanol–water partition coefficient (Wildman–Crippen LogP) is 3.04. The molecule has 0 bridgehead atoms. The topological polar surface area (TPSA) is 69.1 Å². The fraction of sp³-hybridized carbons (Fsp3) is 0. The van der Waals surface area contributed by atoms with E-state index in [-0.39, 0.29) is 5.95 Å². The molecule has 0 radical (unpaired) electrons. The molecule has 0 saturated heterocycles. The molecule has 0 unspecified atom stereocenters. The molecule has 106 valence electrons. The van der Waals surface area contributed by atoms with Gasteiger partial charge in [0.25, 0.3) is 0 Å². The van der Waals surface area contributed by atoms with Crippen molar-refractivity contribution in [2.45, 2.75) is 0 Å². The maximum atomic E-state index is 5.75. The summed E-state index contributed by atoms with van der Waals surface area (Å²) in [6.07, 6.45) is 3.59. The Labute approximate surface area is 127 Å². The Kier molecular flexibility index (Phi) is 2.83. The SMILES string of the molecule is Nc1nccc(-c2c(-c3ccccc3)nn3ccccc23)n1. The number of hydrogen-bond donors (Lipinski definition) is 1. The van der Waals surface area contributed by atoms with Crippen LogP contribution in [-0.2, 0) is 0 Å². The highest BCUT2D eigenvalue weighted by molar-refractivity contribution is 5.90. The number of hydrogen-bond acceptors (Lipinski definition) is 4. The first-order valence-electron chi connectivity index (χ1n) is 6.94. The molecule has 1 aromatic carbocycles. The number of nitrogens with two attached hydrogens (primary N) is 1. The number of aromatic nitrogens is 4. The fourth-order valence-corrected chi connectivity index (χ4v) is 2.56. The van der Waals surface area contributed by atoms with Gasteiger partial charge >= 0.3 is 0 Å². The van der Waals surface area contributed by atoms with Crippen molar-refractivity contribution in [3.8, 4) is 22.5 Å². The van der Waals surface area contributed by atoms with Crippen molar-refractivity contribution >= 4 is 11.5 Å². The molecule has 0 spiro atoms. The molecule has 0 saturated carbocycles. The number of rotatable bonds is 2. The third-order valence-corrected chi connectivity index (χ3v) is 3.52. The number of anilines is 1. The zero-order valence-electron chi connectivity index (χ0n) is 11.7. The summed E-state index contributed by atoms with van der Waals surface area (Å²) in [5.74, 6) is 0.256. The van der Waals surface area contributed by atoms with Crippen molar-refractivity contribution in [2.75, 3.05) is 5.73 Å². The molecule has 0 aliphatic carbocycles. The highest BCUT2D eigenvalue weighted by Crippen LogP contribution is 2.33. The van der Waals surface area contributed by atoms with E-state index >= 15 is 0 Å². The maximum Gasteiger partial charge on any atom is 0.220 e. The Hall–Kier alpha value is -3.21. The molecule has 0 aliphatic rings. The van der Waals surface area contributed by atoms with Gasteiger partial charge in [-0.25, -0.2) is 14.5 Å². The van der Waals surface area contributed by atoms with Crippen LogP contribution in [0.3, 0.4) is 0 Å². The van der Waals surface area contributed by atoms with E-state index in [1.807, 2.05) is 65.3 Å². The Morgan fingerprint density at radius 1 is 0.909 bits per heavy atom. The van der Waals surface area contributed by atoms with Gasteiger partial charge in [-0.2, -0.15) is 5.10 Å². The first-order chi connectivity index (χ1) is 10.8. The van der Waals surface area contributed by atoms with Crippen LogP contribution in [0.2, 0.25) is 0 Å². The van der Waals surface area contributed by atoms with E-state index in [0.29, 0.717) is 0 Å². The smallest absolute Gasteiger partial charge is 0.220 e. The zero-order chi connectivity index (χ0) is 14.9. The van der Waals surface area contributed by atoms with E-state index in [4.69, 9.17) is 10.8 Å². The second-order valence-corrected chi connectivity index (χ2v) is 4.92. The summed E-state index contributed by atoms with van der Waals surface area (Å²) in [4.78, 5) is 8.34. The lowest BCUT2D eigenvalue weighted by Gasteiger charge is -2.03. The van der Waals surface area contributed by atoms with Gasteiger partial charge < -0.3 is 5.73 Å². The Morgan fingerprint density at radius 2 is 1.73 bits per heavy atom. The lowest BCUT2D eigenvalue weighted by Crippen LogP contribution is -1.95. The average molecular weight is 287 g/mol. The molecule has 5 nitrogen and oxygen atoms in total. The summed E-state index contributed by atoms with van der Waals surface area (Å²) in [5.41, 5.74) is 10.4. The highest BCUT2D eigenvalue weighted by atomic mass is 15.2. The van der Waals surface area contributed by atoms with Crippen molar-refractivity contribution in [3.05, 3.63) is 67.0 Å². The molecule has 3 aromatic heterocycles. The van der Waals surface area contributed by atoms with Gasteiger partial charge in [-0.15, -0.1) is 0 Å². The van der Waals surface area contributed by atoms with Crippen LogP contribution < -0.4 is 5.73 Å². The van der Waals surface area contributed by atoms with E-state index in [1.165, 1.54) is 0 Å². The van der Waals surface area contributed by atoms with Gasteiger partial charge in [-0.05, 0) is 18.2 Å². The molecule has 0 aliphatic heterocycles. The van der Waals surface area contributed by atoms with E-state index in [0.717, 1.165) is 28.0 Å². The molecule has 5 heteroatoms. The van der Waals surface area contributed by atoms with Crippen molar-refractivity contribution in [3.63, 3.8) is 0 Å². The minimum absolute atomic E-state index is 0.256. The average Bonchev–Trinajstić information content (AvgIpc) is 2.95. The van der Waals surface area contributed by atoms with Gasteiger partial charge in [0.15, 0.2) is 0 Å². The minimum atomic E-state index is 0.256. The second kappa shape index (κ2) is 4.96. The van der Waals surface area contributed by atoms with E-state index in [1.54, 1.807) is 6.20 Å². The molecular formula is C17H13N5. The molecule has 22 heavy (non-hydrogen) atoms. The minimum Gasteiger partial charge on any atom is -0.368 e. The molecule has 3 heterocycles. The van der Waals surface area contributed by atoms with Gasteiger partial charge in [-0.1, -0.05) is 36.4 Å². The van der Waals surface area contributed by atoms with Crippen LogP contribution in [0.1, 0.15) is 0 Å². The second-order valence-electron chi connectivity index (χ2n) is 4.92. The van der Waals surface area contributed by atoms with E-state index in [9.17, 15) is 0 Å². The van der Waals surface area contributed by atoms with Gasteiger partial charge in [0.2, 0.25) is 5.95 Å². The molecule has 0 atom stereocenters. The summed E-state index contributed by atoms with van der Waals surface area (Å²) in [7, 11) is 0. The van der Waals surface area contributed by atoms with Gasteiger partial charge in [0.1, 0.15) is 5.69 Å². The summed E-state index contributed by atoms with van der Waals surface area (Å²) in [6, 6.07) is 17.9. The van der Waals surface area contributed by atoms with E-state index < -0.39 is 0 Å². The number of nitrogen functional groups attached to an aromatic ring is 1. The molecule has 4 aromatic rings. The Balaban J connectivity index is 2.07. The van der Waals surface area contributed by atoms with Crippen LogP contribution in [0, 0.1) is 0 Å². The van der Waals surface area contributed by atoms with Gasteiger partial charge in [0, 0.05) is 18.0 Å². The predicted molar refractivity (Wildman–Crippen MR) is 86.1 cm³/mol. The van der Waals surface area contributed by atoms with Crippen molar-refractivity contribution in [1.29, 1.82) is 0 Å². The van der Waals surface area contributed by atoms with Crippen molar-refractivity contribution in [1.82, 2.24) is 19.6 Å². The summed E-state index contributed by atoms with van der Waals surface area (Å²) in [5, 5.41) is 4.70. The fourth-order valence-electron chi connectivity index (χ4n) is 2.56. The van der Waals surface area contributed by atoms with Crippen LogP contribution in [0.25, 0.3) is 28.0 Å². The lowest BCUT2D eigenvalue weighted by atomic mass is 10.0. The van der Waals surface area contributed by atoms with Crippen LogP contribution in [0.4, 0.5) is 5.95 Å². The van der Waals surface area contributed by atoms with Gasteiger partial charge in [0.05, 0.1) is 16.8 Å². The summed E-state index contributed by atoms with van der Waals surface area (Å²) < 4.78 is 1.86. The number of fused-ring (bicyclic) bond motifs is 1. The molecule has 0 fully saturated rings. The third kappa shape index (κ3) is 2.00. The van der Waals surface area contributed by atoms with Crippen LogP contribution in [0.15, 0.2) is 67.0 Å². The normalized spacial score (nSPS) is 10.9. The third-order valence-electron chi connectivity index (χ3n) is 3.52. The molecule has 2 N–H and O–H groups in total. The van der Waals surface area contributed by atoms with Crippen LogP contribution >= 0.6 is 0 Å². The zero-order valence-corrected chi connectivity index (χ0v) is 11.7. The Bertz CT molecular complexity index is 944. The number of pyridine rings is 1. The van der Waals surface area contributed by atoms with Crippen LogP contribution in [-0.4, -0.2) is 19.6 Å². The number of nitrogens with zero attached hydrogens (tertiary/aromatic N) is 4. The highest BCUT2D eigenvalue weighted by Gasteiger charge is 2.17. The number of benzene rings is 1. The largest absolute Gasteiger partial charge is 0.368 e. The first-order valence-corrected chi connectivity index (χ1v) is 6.94. The summed E-state index contributed by atoms with van der Waals surface area (Å²) >= 11 is 0. The molecule has 0 amide bonds. The van der Waals surface area contributed by atoms with Crippen molar-refractivity contribution in [2.24, 2.45) is 0 Å². The Morgan fingerprint density at radius 3 is 2.55 bits per heavy atom. The van der Waals surface area contributed by atoms with Crippen molar-refractivity contribution < 1.29 is 0 Å². The van der Waals surface area contributed by atoms with Crippen LogP contribution in [0.5, 0.6) is 0 Å². The standard InChI is InChI=1S/C17H13N5/c18-17-19-10-9-13(20-17)15-14-8-4-5-11-22(14)21-16(15)12-6-2-1-3-7-12/h1-11H,(H2,18,19,20). The monoisotopic (exact) mass is 287 g/mol. The molecule has 4 rings (SSSR count). The maximum absolute atomic E-state index is 5.75. The lowest BCUT2D eigenvalue weighted by molar-refractivity contribution is 0.966. The summed E-state index contributed by atoms with van der Waals surface area (Å²) in [6.45, 7) is 0. The first kappa shape index (κ1) is 12.5. The van der Waals surface area contributed by atoms with Gasteiger partial charge in [-0.3, -0.25) is 0 Å². The van der Waals surface area contributed by atoms with E-state index in [2.05, 4.69) is 9.97 Å². The molecular weight excluding hydrogens is 274 g/mol. The quantitative estimate of drug-likeness (QED) is 0.615.